The van der Waals surface area contributed by atoms with E-state index in [1.165, 1.54) is 0 Å². The summed E-state index contributed by atoms with van der Waals surface area (Å²) in [4.78, 5) is 20.1. The summed E-state index contributed by atoms with van der Waals surface area (Å²) in [5, 5.41) is 15.6. The van der Waals surface area contributed by atoms with Gasteiger partial charge in [-0.05, 0) is 96.4 Å². The Bertz CT molecular complexity index is 1810. The number of rotatable bonds is 3. The van der Waals surface area contributed by atoms with Gasteiger partial charge in [0.25, 0.3) is 0 Å². The van der Waals surface area contributed by atoms with Crippen LogP contribution >= 0.6 is 0 Å². The number of hydrogen-bond acceptors (Lipinski definition) is 6. The molecule has 8 heteroatoms. The smallest absolute Gasteiger partial charge is 0.337 e. The Morgan fingerprint density at radius 1 is 1.04 bits per heavy atom. The lowest BCUT2D eigenvalue weighted by atomic mass is 9.76. The first-order chi connectivity index (χ1) is 22.3. The largest absolute Gasteiger partial charge is 0.490 e. The Morgan fingerprint density at radius 2 is 1.79 bits per heavy atom. The van der Waals surface area contributed by atoms with Gasteiger partial charge in [0.05, 0.1) is 23.0 Å². The molecule has 8 nitrogen and oxygen atoms in total. The fraction of sp³-hybridized carbons (Fsp3) is 0.462. The second-order valence-electron chi connectivity index (χ2n) is 14.7. The van der Waals surface area contributed by atoms with Crippen molar-refractivity contribution in [2.24, 2.45) is 5.41 Å². The average molecular weight is 637 g/mol. The van der Waals surface area contributed by atoms with Gasteiger partial charge in [-0.15, -0.1) is 0 Å². The topological polar surface area (TPSA) is 89.2 Å². The van der Waals surface area contributed by atoms with Gasteiger partial charge < -0.3 is 19.5 Å². The lowest BCUT2D eigenvalue weighted by Crippen LogP contribution is -2.41. The van der Waals surface area contributed by atoms with Crippen LogP contribution in [-0.4, -0.2) is 50.5 Å². The predicted molar refractivity (Wildman–Crippen MR) is 187 cm³/mol. The van der Waals surface area contributed by atoms with Gasteiger partial charge >= 0.3 is 5.97 Å². The standard InChI is InChI=1S/C39H48N4O4/c1-25-15-16-32-30(22-25)28-13-11-14-29(23-28)31-24-33-40-27(3)34(35(37(44)45)47-38(4,5)6)36(43(33)41-31)42-20-18-39(7,19-21-42)17-10-8-9-12-26(2)46-32/h8-9,11,13-16,22-24,26,35H,10,12,17-21H2,1-7H3,(H,44,45)/t26-,35+/m1/s1. The van der Waals surface area contributed by atoms with Crippen LogP contribution in [0.3, 0.4) is 0 Å². The fourth-order valence-corrected chi connectivity index (χ4v) is 6.88. The maximum Gasteiger partial charge on any atom is 0.337 e. The number of nitrogens with zero attached hydrogens (tertiary/aromatic N) is 4. The van der Waals surface area contributed by atoms with E-state index in [1.807, 2.05) is 44.3 Å². The lowest BCUT2D eigenvalue weighted by Gasteiger charge is -2.41. The molecule has 0 radical (unpaired) electrons. The molecule has 2 aromatic heterocycles. The zero-order valence-corrected chi connectivity index (χ0v) is 28.8. The number of fused-ring (bicyclic) bond motifs is 7. The molecule has 2 aromatic carbocycles. The minimum Gasteiger partial charge on any atom is -0.490 e. The van der Waals surface area contributed by atoms with Gasteiger partial charge in [-0.2, -0.15) is 9.61 Å². The molecule has 0 amide bonds. The molecule has 4 aromatic rings. The summed E-state index contributed by atoms with van der Waals surface area (Å²) in [5.74, 6) is 0.579. The van der Waals surface area contributed by atoms with Crippen LogP contribution in [0.25, 0.3) is 28.0 Å². The highest BCUT2D eigenvalue weighted by Crippen LogP contribution is 2.42. The average Bonchev–Trinajstić information content (AvgIpc) is 3.43. The summed E-state index contributed by atoms with van der Waals surface area (Å²) in [5.41, 5.74) is 6.35. The minimum absolute atomic E-state index is 0.0394. The molecule has 1 fully saturated rings. The van der Waals surface area contributed by atoms with Crippen LogP contribution in [0.2, 0.25) is 0 Å². The molecule has 248 valence electrons. The molecule has 1 N–H and O–H groups in total. The third-order valence-corrected chi connectivity index (χ3v) is 9.51. The highest BCUT2D eigenvalue weighted by atomic mass is 16.5. The third-order valence-electron chi connectivity index (χ3n) is 9.51. The zero-order valence-electron chi connectivity index (χ0n) is 28.8. The van der Waals surface area contributed by atoms with Gasteiger partial charge in [-0.1, -0.05) is 48.9 Å². The number of aliphatic carboxylic acids is 1. The molecule has 0 aliphatic carbocycles. The van der Waals surface area contributed by atoms with Crippen molar-refractivity contribution in [3.8, 4) is 28.1 Å². The van der Waals surface area contributed by atoms with Gasteiger partial charge in [-0.25, -0.2) is 9.78 Å². The summed E-state index contributed by atoms with van der Waals surface area (Å²) in [6.07, 6.45) is 8.35. The number of hydrogen-bond donors (Lipinski definition) is 1. The molecule has 3 aliphatic heterocycles. The van der Waals surface area contributed by atoms with Gasteiger partial charge in [0.2, 0.25) is 0 Å². The molecule has 7 rings (SSSR count). The van der Waals surface area contributed by atoms with Crippen molar-refractivity contribution in [2.45, 2.75) is 98.4 Å². The van der Waals surface area contributed by atoms with Crippen LogP contribution in [0, 0.1) is 19.3 Å². The van der Waals surface area contributed by atoms with Gasteiger partial charge in [-0.3, -0.25) is 0 Å². The number of anilines is 1. The van der Waals surface area contributed by atoms with E-state index in [2.05, 4.69) is 74.2 Å². The Kier molecular flexibility index (Phi) is 8.92. The molecule has 47 heavy (non-hydrogen) atoms. The first-order valence-electron chi connectivity index (χ1n) is 16.9. The van der Waals surface area contributed by atoms with Gasteiger partial charge in [0, 0.05) is 42.4 Å². The van der Waals surface area contributed by atoms with E-state index in [4.69, 9.17) is 19.6 Å². The predicted octanol–water partition coefficient (Wildman–Crippen LogP) is 8.73. The van der Waals surface area contributed by atoms with Crippen LogP contribution in [0.5, 0.6) is 5.75 Å². The highest BCUT2D eigenvalue weighted by molar-refractivity contribution is 5.80. The molecule has 6 bridgehead atoms. The third kappa shape index (κ3) is 7.08. The number of aromatic nitrogens is 3. The SMILES string of the molecule is Cc1ccc2c(c1)-c1cccc(c1)-c1cc3nc(C)c([C@H](OC(C)(C)C)C(=O)O)c(n3n1)N1CCC(C)(CCC=CC[C@@H](C)O2)CC1. The molecular weight excluding hydrogens is 588 g/mol. The number of carboxylic acid groups (broad SMARTS) is 1. The second-order valence-corrected chi connectivity index (χ2v) is 14.7. The quantitative estimate of drug-likeness (QED) is 0.225. The number of carboxylic acids is 1. The summed E-state index contributed by atoms with van der Waals surface area (Å²) >= 11 is 0. The summed E-state index contributed by atoms with van der Waals surface area (Å²) < 4.78 is 14.6. The van der Waals surface area contributed by atoms with Crippen LogP contribution < -0.4 is 9.64 Å². The molecule has 0 spiro atoms. The van der Waals surface area contributed by atoms with E-state index in [1.54, 1.807) is 0 Å². The molecular formula is C39H48N4O4. The van der Waals surface area contributed by atoms with Crippen molar-refractivity contribution in [1.29, 1.82) is 0 Å². The highest BCUT2D eigenvalue weighted by Gasteiger charge is 2.37. The summed E-state index contributed by atoms with van der Waals surface area (Å²) in [6.45, 7) is 15.7. The van der Waals surface area contributed by atoms with Crippen LogP contribution in [0.15, 0.2) is 60.7 Å². The van der Waals surface area contributed by atoms with Crippen molar-refractivity contribution in [3.05, 3.63) is 77.5 Å². The monoisotopic (exact) mass is 636 g/mol. The normalized spacial score (nSPS) is 21.0. The number of aryl methyl sites for hydroxylation is 2. The molecule has 3 aliphatic rings. The van der Waals surface area contributed by atoms with Crippen LogP contribution in [0.4, 0.5) is 5.82 Å². The Labute approximate surface area is 278 Å². The van der Waals surface area contributed by atoms with Crippen molar-refractivity contribution >= 4 is 17.4 Å². The van der Waals surface area contributed by atoms with E-state index in [0.717, 1.165) is 84.7 Å². The van der Waals surface area contributed by atoms with E-state index < -0.39 is 17.7 Å². The second kappa shape index (κ2) is 12.8. The van der Waals surface area contributed by atoms with E-state index in [-0.39, 0.29) is 11.5 Å². The van der Waals surface area contributed by atoms with Crippen LogP contribution in [0.1, 0.15) is 89.6 Å². The first-order valence-corrected chi connectivity index (χ1v) is 16.9. The summed E-state index contributed by atoms with van der Waals surface area (Å²) in [6, 6.07) is 16.7. The van der Waals surface area contributed by atoms with E-state index >= 15 is 0 Å². The van der Waals surface area contributed by atoms with Crippen molar-refractivity contribution in [1.82, 2.24) is 14.6 Å². The maximum atomic E-state index is 12.8. The first kappa shape index (κ1) is 32.8. The molecule has 1 saturated heterocycles. The van der Waals surface area contributed by atoms with Crippen molar-refractivity contribution in [3.63, 3.8) is 0 Å². The summed E-state index contributed by atoms with van der Waals surface area (Å²) in [7, 11) is 0. The zero-order chi connectivity index (χ0) is 33.5. The molecule has 2 atom stereocenters. The number of allylic oxidation sites excluding steroid dienone is 1. The Hall–Kier alpha value is -4.17. The number of carbonyl (C=O) groups is 1. The Morgan fingerprint density at radius 3 is 2.51 bits per heavy atom. The van der Waals surface area contributed by atoms with Gasteiger partial charge in [0.1, 0.15) is 11.6 Å². The number of piperidine rings is 1. The van der Waals surface area contributed by atoms with Crippen molar-refractivity contribution < 1.29 is 19.4 Å². The van der Waals surface area contributed by atoms with E-state index in [9.17, 15) is 9.90 Å². The molecule has 0 saturated carbocycles. The maximum absolute atomic E-state index is 12.8. The minimum atomic E-state index is -1.19. The molecule has 5 heterocycles. The van der Waals surface area contributed by atoms with Crippen molar-refractivity contribution in [2.75, 3.05) is 18.0 Å². The number of ether oxygens (including phenoxy) is 2. The molecule has 0 unspecified atom stereocenters. The fourth-order valence-electron chi connectivity index (χ4n) is 6.88. The van der Waals surface area contributed by atoms with E-state index in [0.29, 0.717) is 16.9 Å². The Balaban J connectivity index is 1.55. The number of benzene rings is 2. The van der Waals surface area contributed by atoms with Crippen LogP contribution in [-0.2, 0) is 9.53 Å². The lowest BCUT2D eigenvalue weighted by molar-refractivity contribution is -0.160. The van der Waals surface area contributed by atoms with Gasteiger partial charge in [0.15, 0.2) is 11.8 Å².